The van der Waals surface area contributed by atoms with Crippen molar-refractivity contribution in [2.24, 2.45) is 0 Å². The summed E-state index contributed by atoms with van der Waals surface area (Å²) in [5.74, 6) is 1.88. The summed E-state index contributed by atoms with van der Waals surface area (Å²) in [5, 5.41) is 0.478. The smallest absolute Gasteiger partial charge is 0.185 e. The van der Waals surface area contributed by atoms with Gasteiger partial charge in [0.15, 0.2) is 10.2 Å². The zero-order chi connectivity index (χ0) is 20.0. The Bertz CT molecular complexity index is 484. The number of piperazine rings is 3. The molecule has 3 fully saturated rings. The van der Waals surface area contributed by atoms with Gasteiger partial charge in [0.05, 0.1) is 26.2 Å². The quantitative estimate of drug-likeness (QED) is 0.581. The second-order valence-electron chi connectivity index (χ2n) is 8.84. The molecule has 0 aliphatic carbocycles. The fraction of sp³-hybridized carbons (Fsp3) is 0.900. The summed E-state index contributed by atoms with van der Waals surface area (Å²) in [6.45, 7) is 20.8. The number of thioether (sulfide) groups is 2. The highest BCUT2D eigenvalue weighted by molar-refractivity contribution is 8.13. The highest BCUT2D eigenvalue weighted by atomic mass is 32.2. The first-order chi connectivity index (χ1) is 13.4. The van der Waals surface area contributed by atoms with E-state index in [0.717, 1.165) is 24.6 Å². The van der Waals surface area contributed by atoms with E-state index in [2.05, 4.69) is 9.80 Å². The molecule has 3 saturated heterocycles. The van der Waals surface area contributed by atoms with Gasteiger partial charge in [0.1, 0.15) is 26.2 Å². The number of quaternary nitrogens is 2. The molecular formula is C20H38N4O2S2+2. The van der Waals surface area contributed by atoms with Crippen molar-refractivity contribution in [3.05, 3.63) is 0 Å². The van der Waals surface area contributed by atoms with E-state index in [1.54, 1.807) is 13.8 Å². The number of nitrogens with zero attached hydrogens (tertiary/aromatic N) is 4. The van der Waals surface area contributed by atoms with Crippen molar-refractivity contribution >= 4 is 33.8 Å². The van der Waals surface area contributed by atoms with E-state index in [1.165, 1.54) is 111 Å². The Morgan fingerprint density at radius 3 is 1.25 bits per heavy atom. The van der Waals surface area contributed by atoms with Gasteiger partial charge in [-0.15, -0.1) is 0 Å². The molecule has 0 unspecified atom stereocenters. The Labute approximate surface area is 179 Å². The molecule has 3 aliphatic heterocycles. The average Bonchev–Trinajstić information content (AvgIpc) is 2.67. The van der Waals surface area contributed by atoms with Crippen LogP contribution in [0, 0.1) is 0 Å². The Kier molecular flexibility index (Phi) is 8.27. The van der Waals surface area contributed by atoms with E-state index in [9.17, 15) is 9.59 Å². The van der Waals surface area contributed by atoms with Gasteiger partial charge in [-0.2, -0.15) is 0 Å². The van der Waals surface area contributed by atoms with E-state index in [0.29, 0.717) is 0 Å². The van der Waals surface area contributed by atoms with Gasteiger partial charge in [0.25, 0.3) is 0 Å². The van der Waals surface area contributed by atoms with Crippen LogP contribution in [0.5, 0.6) is 0 Å². The van der Waals surface area contributed by atoms with E-state index >= 15 is 0 Å². The van der Waals surface area contributed by atoms with E-state index in [-0.39, 0.29) is 10.2 Å². The highest BCUT2D eigenvalue weighted by Crippen LogP contribution is 2.24. The average molecular weight is 431 g/mol. The molecule has 6 nitrogen and oxygen atoms in total. The van der Waals surface area contributed by atoms with Gasteiger partial charge in [-0.05, 0) is 0 Å². The highest BCUT2D eigenvalue weighted by Gasteiger charge is 2.44. The zero-order valence-corrected chi connectivity index (χ0v) is 19.4. The summed E-state index contributed by atoms with van der Waals surface area (Å²) in [7, 11) is 0. The zero-order valence-electron chi connectivity index (χ0n) is 17.7. The Balaban J connectivity index is 1.36. The maximum absolute atomic E-state index is 11.1. The first-order valence-corrected chi connectivity index (χ1v) is 12.8. The minimum atomic E-state index is 0.239. The molecule has 0 bridgehead atoms. The van der Waals surface area contributed by atoms with Crippen LogP contribution in [0.4, 0.5) is 0 Å². The molecular weight excluding hydrogens is 392 g/mol. The number of rotatable bonds is 6. The fourth-order valence-electron chi connectivity index (χ4n) is 4.91. The lowest BCUT2D eigenvalue weighted by atomic mass is 10.1. The molecule has 0 aromatic carbocycles. The summed E-state index contributed by atoms with van der Waals surface area (Å²) < 4.78 is 2.66. The van der Waals surface area contributed by atoms with Gasteiger partial charge in [0.2, 0.25) is 0 Å². The second-order valence-corrected chi connectivity index (χ2v) is 11.4. The van der Waals surface area contributed by atoms with Gasteiger partial charge < -0.3 is 8.97 Å². The Hall–Kier alpha value is -0.120. The lowest BCUT2D eigenvalue weighted by Crippen LogP contribution is -2.73. The van der Waals surface area contributed by atoms with Crippen molar-refractivity contribution in [3.8, 4) is 0 Å². The topological polar surface area (TPSA) is 40.6 Å². The van der Waals surface area contributed by atoms with Crippen LogP contribution in [-0.4, -0.2) is 132 Å². The third kappa shape index (κ3) is 6.44. The van der Waals surface area contributed by atoms with Crippen molar-refractivity contribution in [3.63, 3.8) is 0 Å². The van der Waals surface area contributed by atoms with Crippen LogP contribution < -0.4 is 0 Å². The minimum absolute atomic E-state index is 0.239. The molecule has 0 saturated carbocycles. The molecule has 8 heteroatoms. The lowest BCUT2D eigenvalue weighted by molar-refractivity contribution is -1.03. The van der Waals surface area contributed by atoms with E-state index < -0.39 is 0 Å². The van der Waals surface area contributed by atoms with Gasteiger partial charge in [-0.3, -0.25) is 19.4 Å². The number of hydrogen-bond acceptors (Lipinski definition) is 6. The van der Waals surface area contributed by atoms with Crippen LogP contribution in [0.15, 0.2) is 0 Å². The van der Waals surface area contributed by atoms with E-state index in [1.807, 2.05) is 0 Å². The number of carbonyl (C=O) groups is 2. The molecule has 0 radical (unpaired) electrons. The first-order valence-electron chi connectivity index (χ1n) is 10.8. The van der Waals surface area contributed by atoms with Gasteiger partial charge in [-0.1, -0.05) is 23.5 Å². The largest absolute Gasteiger partial charge is 0.312 e. The third-order valence-corrected chi connectivity index (χ3v) is 8.67. The maximum Gasteiger partial charge on any atom is 0.185 e. The Morgan fingerprint density at radius 2 is 0.964 bits per heavy atom. The van der Waals surface area contributed by atoms with Crippen LogP contribution in [0.3, 0.4) is 0 Å². The van der Waals surface area contributed by atoms with Gasteiger partial charge >= 0.3 is 0 Å². The molecule has 3 rings (SSSR count). The number of hydrogen-bond donors (Lipinski definition) is 0. The molecule has 0 aromatic rings. The molecule has 28 heavy (non-hydrogen) atoms. The van der Waals surface area contributed by atoms with Gasteiger partial charge in [0, 0.05) is 64.6 Å². The van der Waals surface area contributed by atoms with Crippen molar-refractivity contribution in [2.45, 2.75) is 13.8 Å². The summed E-state index contributed by atoms with van der Waals surface area (Å²) in [5.41, 5.74) is 0. The predicted molar refractivity (Wildman–Crippen MR) is 119 cm³/mol. The predicted octanol–water partition coefficient (Wildman–Crippen LogP) is 0.824. The lowest BCUT2D eigenvalue weighted by Gasteiger charge is -2.54. The molecule has 0 N–H and O–H groups in total. The van der Waals surface area contributed by atoms with Gasteiger partial charge in [-0.25, -0.2) is 0 Å². The van der Waals surface area contributed by atoms with Crippen molar-refractivity contribution in [1.82, 2.24) is 9.80 Å². The second kappa shape index (κ2) is 10.3. The summed E-state index contributed by atoms with van der Waals surface area (Å²) in [6, 6.07) is 0. The van der Waals surface area contributed by atoms with Crippen LogP contribution in [-0.2, 0) is 9.59 Å². The van der Waals surface area contributed by atoms with Crippen molar-refractivity contribution in [2.75, 3.05) is 103 Å². The molecule has 3 heterocycles. The standard InChI is InChI=1S/C20H38N4O2S2/c1-19(25)27-17-7-21-3-9-23(10-4-21)13-15-24(16-14-23)11-5-22(6-12-24)8-18-28-20(2)26/h3-18H2,1-2H3/q+2. The normalized spacial score (nSPS) is 25.2. The molecule has 3 aliphatic rings. The summed E-state index contributed by atoms with van der Waals surface area (Å²) in [6.07, 6.45) is 0. The fourth-order valence-corrected chi connectivity index (χ4v) is 6.19. The number of carbonyl (C=O) groups excluding carboxylic acids is 2. The van der Waals surface area contributed by atoms with Crippen molar-refractivity contribution < 1.29 is 18.6 Å². The summed E-state index contributed by atoms with van der Waals surface area (Å²) >= 11 is 2.93. The Morgan fingerprint density at radius 1 is 0.643 bits per heavy atom. The minimum Gasteiger partial charge on any atom is -0.312 e. The molecule has 160 valence electrons. The van der Waals surface area contributed by atoms with Crippen molar-refractivity contribution in [1.29, 1.82) is 0 Å². The third-order valence-electron chi connectivity index (χ3n) is 7.09. The maximum atomic E-state index is 11.1. The van der Waals surface area contributed by atoms with E-state index in [4.69, 9.17) is 0 Å². The van der Waals surface area contributed by atoms with Crippen LogP contribution in [0.2, 0.25) is 0 Å². The SMILES string of the molecule is CC(=O)SCCN1CC[N+]2(CC1)CC[N+]1(CCN(CCSC(C)=O)CC1)CC2. The van der Waals surface area contributed by atoms with Crippen LogP contribution in [0.1, 0.15) is 13.8 Å². The monoisotopic (exact) mass is 430 g/mol. The molecule has 0 aromatic heterocycles. The van der Waals surface area contributed by atoms with Crippen LogP contribution in [0.25, 0.3) is 0 Å². The van der Waals surface area contributed by atoms with Crippen LogP contribution >= 0.6 is 23.5 Å². The molecule has 0 atom stereocenters. The summed E-state index contributed by atoms with van der Waals surface area (Å²) in [4.78, 5) is 27.3. The molecule has 0 amide bonds. The molecule has 2 spiro atoms. The first kappa shape index (κ1) is 22.6.